The van der Waals surface area contributed by atoms with E-state index in [1.807, 2.05) is 0 Å². The van der Waals surface area contributed by atoms with Crippen LogP contribution >= 0.6 is 0 Å². The molecular formula is C12H18. The van der Waals surface area contributed by atoms with E-state index < -0.39 is 0 Å². The van der Waals surface area contributed by atoms with Gasteiger partial charge < -0.3 is 0 Å². The van der Waals surface area contributed by atoms with Gasteiger partial charge >= 0.3 is 0 Å². The maximum Gasteiger partial charge on any atom is -0.00498 e. The van der Waals surface area contributed by atoms with Crippen LogP contribution in [0.5, 0.6) is 0 Å². The van der Waals surface area contributed by atoms with Crippen LogP contribution in [0.3, 0.4) is 0 Å². The van der Waals surface area contributed by atoms with Crippen LogP contribution in [0.25, 0.3) is 0 Å². The van der Waals surface area contributed by atoms with E-state index in [9.17, 15) is 0 Å². The van der Waals surface area contributed by atoms with Gasteiger partial charge in [0.2, 0.25) is 0 Å². The van der Waals surface area contributed by atoms with Gasteiger partial charge in [-0.25, -0.2) is 0 Å². The summed E-state index contributed by atoms with van der Waals surface area (Å²) in [7, 11) is 0. The summed E-state index contributed by atoms with van der Waals surface area (Å²) in [5.41, 5.74) is 2.26. The summed E-state index contributed by atoms with van der Waals surface area (Å²) in [5.74, 6) is 0.798. The van der Waals surface area contributed by atoms with Crippen molar-refractivity contribution in [2.75, 3.05) is 0 Å². The summed E-state index contributed by atoms with van der Waals surface area (Å²) in [6, 6.07) is 0. The highest BCUT2D eigenvalue weighted by molar-refractivity contribution is 5.30. The fourth-order valence-corrected chi connectivity index (χ4v) is 2.27. The monoisotopic (exact) mass is 162 g/mol. The van der Waals surface area contributed by atoms with Crippen molar-refractivity contribution in [3.63, 3.8) is 0 Å². The van der Waals surface area contributed by atoms with E-state index in [2.05, 4.69) is 39.5 Å². The maximum atomic E-state index is 4.22. The van der Waals surface area contributed by atoms with E-state index >= 15 is 0 Å². The molecule has 0 N–H and O–H groups in total. The van der Waals surface area contributed by atoms with Gasteiger partial charge in [-0.3, -0.25) is 0 Å². The van der Waals surface area contributed by atoms with Gasteiger partial charge in [-0.05, 0) is 29.6 Å². The standard InChI is InChI=1S/C12H18/c1-9-7-11(2,3)6-5-10-8-12(9,10)4/h5-6,10H,1,7-8H2,2-4H3/t10-,12+/m0/s1. The summed E-state index contributed by atoms with van der Waals surface area (Å²) in [5, 5.41) is 0. The Bertz CT molecular complexity index is 257. The van der Waals surface area contributed by atoms with Crippen molar-refractivity contribution in [3.05, 3.63) is 24.3 Å². The third-order valence-corrected chi connectivity index (χ3v) is 3.56. The fourth-order valence-electron chi connectivity index (χ4n) is 2.27. The number of rotatable bonds is 0. The predicted octanol–water partition coefficient (Wildman–Crippen LogP) is 3.55. The molecule has 12 heavy (non-hydrogen) atoms. The minimum atomic E-state index is 0.341. The van der Waals surface area contributed by atoms with Gasteiger partial charge in [0.05, 0.1) is 0 Å². The Hall–Kier alpha value is -0.520. The van der Waals surface area contributed by atoms with Crippen LogP contribution in [-0.4, -0.2) is 0 Å². The molecule has 0 aromatic carbocycles. The van der Waals surface area contributed by atoms with Gasteiger partial charge in [0, 0.05) is 0 Å². The molecule has 0 nitrogen and oxygen atoms in total. The van der Waals surface area contributed by atoms with Crippen molar-refractivity contribution in [2.24, 2.45) is 16.7 Å². The number of fused-ring (bicyclic) bond motifs is 1. The zero-order valence-electron chi connectivity index (χ0n) is 8.35. The Kier molecular flexibility index (Phi) is 1.38. The summed E-state index contributed by atoms with van der Waals surface area (Å²) in [4.78, 5) is 0. The van der Waals surface area contributed by atoms with Crippen molar-refractivity contribution in [1.82, 2.24) is 0 Å². The van der Waals surface area contributed by atoms with Crippen LogP contribution in [0.2, 0.25) is 0 Å². The van der Waals surface area contributed by atoms with Gasteiger partial charge in [0.15, 0.2) is 0 Å². The minimum absolute atomic E-state index is 0.341. The first-order valence-electron chi connectivity index (χ1n) is 4.82. The molecule has 0 heteroatoms. The fraction of sp³-hybridized carbons (Fsp3) is 0.667. The van der Waals surface area contributed by atoms with Gasteiger partial charge in [0.25, 0.3) is 0 Å². The van der Waals surface area contributed by atoms with Crippen LogP contribution in [-0.2, 0) is 0 Å². The molecule has 0 unspecified atom stereocenters. The molecule has 2 rings (SSSR count). The number of allylic oxidation sites excluding steroid dienone is 3. The Balaban J connectivity index is 2.29. The lowest BCUT2D eigenvalue weighted by atomic mass is 9.82. The van der Waals surface area contributed by atoms with Crippen molar-refractivity contribution in [3.8, 4) is 0 Å². The van der Waals surface area contributed by atoms with Crippen LogP contribution in [0.1, 0.15) is 33.6 Å². The lowest BCUT2D eigenvalue weighted by Crippen LogP contribution is -2.10. The summed E-state index contributed by atoms with van der Waals surface area (Å²) >= 11 is 0. The maximum absolute atomic E-state index is 4.22. The molecule has 2 aliphatic rings. The van der Waals surface area contributed by atoms with E-state index in [-0.39, 0.29) is 0 Å². The highest BCUT2D eigenvalue weighted by atomic mass is 14.6. The van der Waals surface area contributed by atoms with Gasteiger partial charge in [-0.1, -0.05) is 45.1 Å². The summed E-state index contributed by atoms with van der Waals surface area (Å²) < 4.78 is 0. The minimum Gasteiger partial charge on any atom is -0.0993 e. The van der Waals surface area contributed by atoms with E-state index in [0.717, 1.165) is 12.3 Å². The molecule has 0 aliphatic heterocycles. The van der Waals surface area contributed by atoms with Crippen molar-refractivity contribution in [1.29, 1.82) is 0 Å². The molecule has 0 spiro atoms. The molecule has 2 aliphatic carbocycles. The molecule has 0 aromatic rings. The molecule has 66 valence electrons. The third kappa shape index (κ3) is 1.05. The SMILES string of the molecule is C=C1CC(C)(C)C=C[C@H]2C[C@]12C. The van der Waals surface area contributed by atoms with Crippen molar-refractivity contribution < 1.29 is 0 Å². The molecule has 1 saturated carbocycles. The van der Waals surface area contributed by atoms with Crippen molar-refractivity contribution in [2.45, 2.75) is 33.6 Å². The van der Waals surface area contributed by atoms with Crippen LogP contribution < -0.4 is 0 Å². The smallest absolute Gasteiger partial charge is 0.00498 e. The summed E-state index contributed by atoms with van der Waals surface area (Å²) in [6.07, 6.45) is 7.27. The van der Waals surface area contributed by atoms with E-state index in [0.29, 0.717) is 10.8 Å². The quantitative estimate of drug-likeness (QED) is 0.478. The normalized spacial score (nSPS) is 43.6. The molecule has 0 saturated heterocycles. The summed E-state index contributed by atoms with van der Waals surface area (Å²) in [6.45, 7) is 11.2. The first kappa shape index (κ1) is 8.10. The molecule has 0 bridgehead atoms. The first-order valence-corrected chi connectivity index (χ1v) is 4.82. The number of hydrogen-bond donors (Lipinski definition) is 0. The molecule has 1 fully saturated rings. The average molecular weight is 162 g/mol. The van der Waals surface area contributed by atoms with Crippen LogP contribution in [0.15, 0.2) is 24.3 Å². The first-order chi connectivity index (χ1) is 5.44. The number of hydrogen-bond acceptors (Lipinski definition) is 0. The van der Waals surface area contributed by atoms with Crippen molar-refractivity contribution >= 4 is 0 Å². The molecule has 0 radical (unpaired) electrons. The van der Waals surface area contributed by atoms with Gasteiger partial charge in [-0.2, -0.15) is 0 Å². The second-order valence-electron chi connectivity index (χ2n) is 5.36. The third-order valence-electron chi connectivity index (χ3n) is 3.56. The second-order valence-corrected chi connectivity index (χ2v) is 5.36. The van der Waals surface area contributed by atoms with E-state index in [1.54, 1.807) is 0 Å². The van der Waals surface area contributed by atoms with E-state index in [1.165, 1.54) is 12.0 Å². The zero-order valence-corrected chi connectivity index (χ0v) is 8.35. The topological polar surface area (TPSA) is 0 Å². The molecule has 0 heterocycles. The molecular weight excluding hydrogens is 144 g/mol. The average Bonchev–Trinajstić information content (AvgIpc) is 2.58. The highest BCUT2D eigenvalue weighted by Gasteiger charge is 2.52. The van der Waals surface area contributed by atoms with Crippen LogP contribution in [0, 0.1) is 16.7 Å². The second kappa shape index (κ2) is 2.04. The Morgan fingerprint density at radius 1 is 1.42 bits per heavy atom. The predicted molar refractivity (Wildman–Crippen MR) is 52.9 cm³/mol. The van der Waals surface area contributed by atoms with E-state index in [4.69, 9.17) is 0 Å². The Morgan fingerprint density at radius 3 is 2.75 bits per heavy atom. The lowest BCUT2D eigenvalue weighted by Gasteiger charge is -2.22. The highest BCUT2D eigenvalue weighted by Crippen LogP contribution is 2.61. The lowest BCUT2D eigenvalue weighted by molar-refractivity contribution is 0.450. The van der Waals surface area contributed by atoms with Crippen LogP contribution in [0.4, 0.5) is 0 Å². The molecule has 0 aromatic heterocycles. The molecule has 2 atom stereocenters. The Labute approximate surface area is 75.4 Å². The van der Waals surface area contributed by atoms with Gasteiger partial charge in [-0.15, -0.1) is 0 Å². The Morgan fingerprint density at radius 2 is 2.08 bits per heavy atom. The zero-order chi connectivity index (χ0) is 8.98. The van der Waals surface area contributed by atoms with Gasteiger partial charge in [0.1, 0.15) is 0 Å². The largest absolute Gasteiger partial charge is 0.0993 e. The molecule has 0 amide bonds.